The Labute approximate surface area is 157 Å². The molecule has 1 heterocycles. The molecule has 0 aliphatic heterocycles. The molecular formula is C21H32N4O. The normalized spacial score (nSPS) is 11.0. The SMILES string of the molecule is C=C(CCCNC)N(CCOCCNC)c1c(C)cnc2ccccc12. The Morgan fingerprint density at radius 2 is 1.92 bits per heavy atom. The lowest BCUT2D eigenvalue weighted by molar-refractivity contribution is 0.144. The number of benzene rings is 1. The number of nitrogens with one attached hydrogen (secondary N) is 2. The number of fused-ring (bicyclic) bond motifs is 1. The van der Waals surface area contributed by atoms with E-state index in [4.69, 9.17) is 4.74 Å². The maximum atomic E-state index is 5.78. The second kappa shape index (κ2) is 10.9. The van der Waals surface area contributed by atoms with Gasteiger partial charge in [0.05, 0.1) is 24.4 Å². The molecule has 5 heteroatoms. The van der Waals surface area contributed by atoms with Crippen LogP contribution < -0.4 is 15.5 Å². The summed E-state index contributed by atoms with van der Waals surface area (Å²) < 4.78 is 5.78. The second-order valence-corrected chi connectivity index (χ2v) is 6.45. The zero-order chi connectivity index (χ0) is 18.8. The highest BCUT2D eigenvalue weighted by Crippen LogP contribution is 2.32. The molecule has 1 aromatic carbocycles. The molecule has 0 amide bonds. The summed E-state index contributed by atoms with van der Waals surface area (Å²) in [7, 11) is 3.92. The van der Waals surface area contributed by atoms with Crippen molar-refractivity contribution in [2.75, 3.05) is 51.8 Å². The standard InChI is InChI=1S/C21H32N4O/c1-17-16-24-20-10-6-5-9-19(20)21(17)25(13-15-26-14-12-23-4)18(2)8-7-11-22-3/h5-6,9-10,16,22-23H,2,7-8,11-15H2,1,3-4H3. The van der Waals surface area contributed by atoms with Gasteiger partial charge in [-0.05, 0) is 52.0 Å². The van der Waals surface area contributed by atoms with E-state index in [-0.39, 0.29) is 0 Å². The largest absolute Gasteiger partial charge is 0.378 e. The minimum Gasteiger partial charge on any atom is -0.378 e. The predicted molar refractivity (Wildman–Crippen MR) is 111 cm³/mol. The first-order valence-electron chi connectivity index (χ1n) is 9.35. The van der Waals surface area contributed by atoms with Gasteiger partial charge in [0.1, 0.15) is 0 Å². The van der Waals surface area contributed by atoms with Crippen molar-refractivity contribution in [1.29, 1.82) is 0 Å². The van der Waals surface area contributed by atoms with E-state index in [0.29, 0.717) is 13.2 Å². The van der Waals surface area contributed by atoms with Gasteiger partial charge in [-0.15, -0.1) is 0 Å². The minimum atomic E-state index is 0.669. The molecule has 0 atom stereocenters. The number of allylic oxidation sites excluding steroid dienone is 1. The molecule has 0 aliphatic rings. The first-order chi connectivity index (χ1) is 12.7. The Morgan fingerprint density at radius 3 is 2.69 bits per heavy atom. The topological polar surface area (TPSA) is 49.4 Å². The number of aryl methyl sites for hydroxylation is 1. The summed E-state index contributed by atoms with van der Waals surface area (Å²) in [5.41, 5.74) is 4.49. The fraction of sp³-hybridized carbons (Fsp3) is 0.476. The van der Waals surface area contributed by atoms with Crippen molar-refractivity contribution in [3.63, 3.8) is 0 Å². The van der Waals surface area contributed by atoms with Crippen molar-refractivity contribution in [2.45, 2.75) is 19.8 Å². The molecule has 26 heavy (non-hydrogen) atoms. The molecule has 0 saturated heterocycles. The van der Waals surface area contributed by atoms with Crippen LogP contribution in [0.4, 0.5) is 5.69 Å². The Bertz CT molecular complexity index is 701. The van der Waals surface area contributed by atoms with Crippen molar-refractivity contribution >= 4 is 16.6 Å². The highest BCUT2D eigenvalue weighted by molar-refractivity contribution is 5.93. The van der Waals surface area contributed by atoms with Crippen molar-refractivity contribution in [2.24, 2.45) is 0 Å². The van der Waals surface area contributed by atoms with Crippen LogP contribution in [0.15, 0.2) is 42.7 Å². The van der Waals surface area contributed by atoms with Gasteiger partial charge in [0.2, 0.25) is 0 Å². The summed E-state index contributed by atoms with van der Waals surface area (Å²) >= 11 is 0. The van der Waals surface area contributed by atoms with E-state index in [2.05, 4.69) is 52.2 Å². The van der Waals surface area contributed by atoms with Crippen LogP contribution in [0.3, 0.4) is 0 Å². The van der Waals surface area contributed by atoms with Gasteiger partial charge in [-0.3, -0.25) is 4.98 Å². The number of hydrogen-bond donors (Lipinski definition) is 2. The lowest BCUT2D eigenvalue weighted by atomic mass is 10.1. The molecule has 0 saturated carbocycles. The van der Waals surface area contributed by atoms with Crippen molar-refractivity contribution in [3.05, 3.63) is 48.3 Å². The number of likely N-dealkylation sites (N-methyl/N-ethyl adjacent to an activating group) is 1. The van der Waals surface area contributed by atoms with Crippen LogP contribution >= 0.6 is 0 Å². The van der Waals surface area contributed by atoms with Crippen LogP contribution in [-0.4, -0.2) is 51.9 Å². The Kier molecular flexibility index (Phi) is 8.54. The summed E-state index contributed by atoms with van der Waals surface area (Å²) in [6.07, 6.45) is 3.97. The van der Waals surface area contributed by atoms with Gasteiger partial charge in [0, 0.05) is 30.4 Å². The fourth-order valence-electron chi connectivity index (χ4n) is 3.05. The van der Waals surface area contributed by atoms with E-state index in [1.165, 1.54) is 5.69 Å². The number of aromatic nitrogens is 1. The number of rotatable bonds is 12. The highest BCUT2D eigenvalue weighted by atomic mass is 16.5. The molecule has 0 radical (unpaired) electrons. The van der Waals surface area contributed by atoms with E-state index in [1.54, 1.807) is 0 Å². The van der Waals surface area contributed by atoms with E-state index in [9.17, 15) is 0 Å². The van der Waals surface area contributed by atoms with Gasteiger partial charge in [0.15, 0.2) is 0 Å². The zero-order valence-corrected chi connectivity index (χ0v) is 16.3. The molecule has 1 aromatic heterocycles. The Balaban J connectivity index is 2.24. The van der Waals surface area contributed by atoms with Gasteiger partial charge in [-0.1, -0.05) is 24.8 Å². The summed E-state index contributed by atoms with van der Waals surface area (Å²) in [6.45, 7) is 10.5. The fourth-order valence-corrected chi connectivity index (χ4v) is 3.05. The second-order valence-electron chi connectivity index (χ2n) is 6.45. The van der Waals surface area contributed by atoms with Gasteiger partial charge in [0.25, 0.3) is 0 Å². The third kappa shape index (κ3) is 5.53. The average Bonchev–Trinajstić information content (AvgIpc) is 2.65. The number of pyridine rings is 1. The predicted octanol–water partition coefficient (Wildman–Crippen LogP) is 3.10. The van der Waals surface area contributed by atoms with Crippen LogP contribution in [-0.2, 0) is 4.74 Å². The molecular weight excluding hydrogens is 324 g/mol. The first-order valence-corrected chi connectivity index (χ1v) is 9.35. The van der Waals surface area contributed by atoms with Crippen molar-refractivity contribution in [3.8, 4) is 0 Å². The molecule has 0 bridgehead atoms. The van der Waals surface area contributed by atoms with Gasteiger partial charge >= 0.3 is 0 Å². The number of para-hydroxylation sites is 1. The van der Waals surface area contributed by atoms with E-state index in [0.717, 1.165) is 54.6 Å². The third-order valence-electron chi connectivity index (χ3n) is 4.43. The summed E-state index contributed by atoms with van der Waals surface area (Å²) in [5.74, 6) is 0. The first kappa shape index (κ1) is 20.4. The van der Waals surface area contributed by atoms with Gasteiger partial charge < -0.3 is 20.3 Å². The van der Waals surface area contributed by atoms with Crippen LogP contribution in [0.5, 0.6) is 0 Å². The quantitative estimate of drug-likeness (QED) is 0.572. The van der Waals surface area contributed by atoms with E-state index < -0.39 is 0 Å². The summed E-state index contributed by atoms with van der Waals surface area (Å²) in [5, 5.41) is 7.48. The number of ether oxygens (including phenoxy) is 1. The number of anilines is 1. The summed E-state index contributed by atoms with van der Waals surface area (Å²) in [6, 6.07) is 8.30. The molecule has 0 aliphatic carbocycles. The average molecular weight is 357 g/mol. The minimum absolute atomic E-state index is 0.669. The highest BCUT2D eigenvalue weighted by Gasteiger charge is 2.16. The molecule has 0 fully saturated rings. The maximum Gasteiger partial charge on any atom is 0.0723 e. The molecule has 0 spiro atoms. The van der Waals surface area contributed by atoms with E-state index >= 15 is 0 Å². The van der Waals surface area contributed by atoms with Crippen LogP contribution in [0.1, 0.15) is 18.4 Å². The molecule has 2 N–H and O–H groups in total. The Morgan fingerprint density at radius 1 is 1.15 bits per heavy atom. The molecule has 0 unspecified atom stereocenters. The van der Waals surface area contributed by atoms with Gasteiger partial charge in [-0.25, -0.2) is 0 Å². The molecule has 2 rings (SSSR count). The third-order valence-corrected chi connectivity index (χ3v) is 4.43. The molecule has 2 aromatic rings. The Hall–Kier alpha value is -1.95. The lowest BCUT2D eigenvalue weighted by Gasteiger charge is -2.29. The van der Waals surface area contributed by atoms with E-state index in [1.807, 2.05) is 26.4 Å². The van der Waals surface area contributed by atoms with Crippen molar-refractivity contribution < 1.29 is 4.74 Å². The molecule has 5 nitrogen and oxygen atoms in total. The smallest absolute Gasteiger partial charge is 0.0723 e. The summed E-state index contributed by atoms with van der Waals surface area (Å²) in [4.78, 5) is 6.89. The van der Waals surface area contributed by atoms with Crippen LogP contribution in [0.25, 0.3) is 10.9 Å². The van der Waals surface area contributed by atoms with Crippen LogP contribution in [0.2, 0.25) is 0 Å². The maximum absolute atomic E-state index is 5.78. The lowest BCUT2D eigenvalue weighted by Crippen LogP contribution is -2.29. The van der Waals surface area contributed by atoms with Crippen molar-refractivity contribution in [1.82, 2.24) is 15.6 Å². The zero-order valence-electron chi connectivity index (χ0n) is 16.3. The number of nitrogens with zero attached hydrogens (tertiary/aromatic N) is 2. The number of hydrogen-bond acceptors (Lipinski definition) is 5. The van der Waals surface area contributed by atoms with Crippen LogP contribution in [0, 0.1) is 6.92 Å². The van der Waals surface area contributed by atoms with Gasteiger partial charge in [-0.2, -0.15) is 0 Å². The monoisotopic (exact) mass is 356 g/mol. The molecule has 142 valence electrons.